The summed E-state index contributed by atoms with van der Waals surface area (Å²) >= 11 is 0. The molecule has 3 heteroatoms. The van der Waals surface area contributed by atoms with Gasteiger partial charge in [-0.1, -0.05) is 11.8 Å². The zero-order chi connectivity index (χ0) is 13.5. The van der Waals surface area contributed by atoms with Crippen molar-refractivity contribution in [3.8, 4) is 17.6 Å². The van der Waals surface area contributed by atoms with Crippen molar-refractivity contribution in [1.82, 2.24) is 4.98 Å². The van der Waals surface area contributed by atoms with E-state index in [1.54, 1.807) is 12.4 Å². The van der Waals surface area contributed by atoms with E-state index >= 15 is 0 Å². The van der Waals surface area contributed by atoms with Gasteiger partial charge in [0.1, 0.15) is 19.0 Å². The number of aliphatic hydroxyl groups is 1. The Morgan fingerprint density at radius 3 is 2.68 bits per heavy atom. The molecule has 2 aromatic rings. The van der Waals surface area contributed by atoms with E-state index in [4.69, 9.17) is 9.84 Å². The van der Waals surface area contributed by atoms with Gasteiger partial charge in [-0.2, -0.15) is 0 Å². The predicted octanol–water partition coefficient (Wildman–Crippen LogP) is 2.31. The molecule has 3 nitrogen and oxygen atoms in total. The molecule has 0 bridgehead atoms. The lowest BCUT2D eigenvalue weighted by atomic mass is 10.1. The molecule has 1 heterocycles. The summed E-state index contributed by atoms with van der Waals surface area (Å²) in [7, 11) is 0. The summed E-state index contributed by atoms with van der Waals surface area (Å²) < 4.78 is 5.76. The van der Waals surface area contributed by atoms with Crippen LogP contribution >= 0.6 is 0 Å². The maximum Gasteiger partial charge on any atom is 0.122 e. The SMILES string of the molecule is Cc1cc(C#CCO)ccc1OCc1ccncc1. The van der Waals surface area contributed by atoms with Gasteiger partial charge in [0.05, 0.1) is 0 Å². The Hall–Kier alpha value is -2.31. The molecule has 1 N–H and O–H groups in total. The van der Waals surface area contributed by atoms with E-state index in [0.717, 1.165) is 22.4 Å². The van der Waals surface area contributed by atoms with Crippen molar-refractivity contribution in [2.75, 3.05) is 6.61 Å². The van der Waals surface area contributed by atoms with Gasteiger partial charge in [-0.05, 0) is 48.4 Å². The highest BCUT2D eigenvalue weighted by Gasteiger charge is 2.01. The minimum absolute atomic E-state index is 0.126. The van der Waals surface area contributed by atoms with E-state index in [2.05, 4.69) is 16.8 Å². The van der Waals surface area contributed by atoms with Crippen LogP contribution in [0, 0.1) is 18.8 Å². The topological polar surface area (TPSA) is 42.4 Å². The Labute approximate surface area is 112 Å². The molecule has 2 rings (SSSR count). The van der Waals surface area contributed by atoms with Crippen LogP contribution in [-0.2, 0) is 6.61 Å². The molecule has 0 spiro atoms. The summed E-state index contributed by atoms with van der Waals surface area (Å²) in [4.78, 5) is 3.97. The van der Waals surface area contributed by atoms with E-state index in [0.29, 0.717) is 6.61 Å². The molecule has 0 saturated heterocycles. The number of nitrogens with zero attached hydrogens (tertiary/aromatic N) is 1. The van der Waals surface area contributed by atoms with Crippen molar-refractivity contribution in [2.45, 2.75) is 13.5 Å². The quantitative estimate of drug-likeness (QED) is 0.854. The van der Waals surface area contributed by atoms with Gasteiger partial charge >= 0.3 is 0 Å². The lowest BCUT2D eigenvalue weighted by Gasteiger charge is -2.09. The number of benzene rings is 1. The second-order valence-corrected chi connectivity index (χ2v) is 4.08. The normalized spacial score (nSPS) is 9.58. The molecular weight excluding hydrogens is 238 g/mol. The number of aryl methyl sites for hydroxylation is 1. The van der Waals surface area contributed by atoms with Crippen LogP contribution in [0.1, 0.15) is 16.7 Å². The molecule has 96 valence electrons. The van der Waals surface area contributed by atoms with Gasteiger partial charge in [-0.15, -0.1) is 0 Å². The maximum absolute atomic E-state index is 8.66. The van der Waals surface area contributed by atoms with E-state index in [1.165, 1.54) is 0 Å². The largest absolute Gasteiger partial charge is 0.489 e. The summed E-state index contributed by atoms with van der Waals surface area (Å²) in [6, 6.07) is 9.59. The van der Waals surface area contributed by atoms with E-state index < -0.39 is 0 Å². The van der Waals surface area contributed by atoms with Crippen LogP contribution in [0.5, 0.6) is 5.75 Å². The van der Waals surface area contributed by atoms with Gasteiger partial charge in [-0.3, -0.25) is 4.98 Å². The molecule has 0 unspecified atom stereocenters. The van der Waals surface area contributed by atoms with Crippen LogP contribution in [-0.4, -0.2) is 16.7 Å². The lowest BCUT2D eigenvalue weighted by Crippen LogP contribution is -1.97. The highest BCUT2D eigenvalue weighted by atomic mass is 16.5. The van der Waals surface area contributed by atoms with Gasteiger partial charge in [0.2, 0.25) is 0 Å². The molecule has 0 atom stereocenters. The average Bonchev–Trinajstić information content (AvgIpc) is 2.45. The first-order valence-electron chi connectivity index (χ1n) is 6.01. The lowest BCUT2D eigenvalue weighted by molar-refractivity contribution is 0.304. The molecule has 1 aromatic heterocycles. The van der Waals surface area contributed by atoms with Gasteiger partial charge in [0, 0.05) is 18.0 Å². The van der Waals surface area contributed by atoms with Gasteiger partial charge in [-0.25, -0.2) is 0 Å². The minimum atomic E-state index is -0.126. The summed E-state index contributed by atoms with van der Waals surface area (Å²) in [6.45, 7) is 2.37. The number of hydrogen-bond donors (Lipinski definition) is 1. The molecule has 0 fully saturated rings. The van der Waals surface area contributed by atoms with Crippen molar-refractivity contribution in [1.29, 1.82) is 0 Å². The van der Waals surface area contributed by atoms with Crippen LogP contribution in [0.3, 0.4) is 0 Å². The van der Waals surface area contributed by atoms with Crippen molar-refractivity contribution in [3.05, 3.63) is 59.4 Å². The fourth-order valence-electron chi connectivity index (χ4n) is 1.67. The number of rotatable bonds is 3. The second-order valence-electron chi connectivity index (χ2n) is 4.08. The zero-order valence-corrected chi connectivity index (χ0v) is 10.8. The van der Waals surface area contributed by atoms with Crippen LogP contribution in [0.4, 0.5) is 0 Å². The van der Waals surface area contributed by atoms with Gasteiger partial charge in [0.25, 0.3) is 0 Å². The summed E-state index contributed by atoms with van der Waals surface area (Å²) in [6.07, 6.45) is 3.50. The first kappa shape index (κ1) is 13.1. The molecule has 1 aromatic carbocycles. The second kappa shape index (κ2) is 6.58. The average molecular weight is 253 g/mol. The third-order valence-corrected chi connectivity index (χ3v) is 2.63. The molecule has 0 aliphatic heterocycles. The molecular formula is C16H15NO2. The van der Waals surface area contributed by atoms with Crippen molar-refractivity contribution >= 4 is 0 Å². The van der Waals surface area contributed by atoms with Crippen LogP contribution in [0.2, 0.25) is 0 Å². The standard InChI is InChI=1S/C16H15NO2/c1-13-11-14(3-2-10-18)4-5-16(13)19-12-15-6-8-17-9-7-15/h4-9,11,18H,10,12H2,1H3. The third kappa shape index (κ3) is 3.84. The Bertz CT molecular complexity index is 597. The molecule has 0 saturated carbocycles. The Morgan fingerprint density at radius 1 is 1.21 bits per heavy atom. The van der Waals surface area contributed by atoms with Crippen LogP contribution in [0.15, 0.2) is 42.7 Å². The van der Waals surface area contributed by atoms with Crippen LogP contribution in [0.25, 0.3) is 0 Å². The number of ether oxygens (including phenoxy) is 1. The van der Waals surface area contributed by atoms with Crippen molar-refractivity contribution in [2.24, 2.45) is 0 Å². The van der Waals surface area contributed by atoms with E-state index in [1.807, 2.05) is 37.3 Å². The number of hydrogen-bond acceptors (Lipinski definition) is 3. The molecule has 0 radical (unpaired) electrons. The molecule has 0 amide bonds. The Morgan fingerprint density at radius 2 is 2.00 bits per heavy atom. The zero-order valence-electron chi connectivity index (χ0n) is 10.8. The summed E-state index contributed by atoms with van der Waals surface area (Å²) in [5, 5.41) is 8.66. The molecule has 0 aliphatic rings. The first-order chi connectivity index (χ1) is 9.29. The number of aromatic nitrogens is 1. The smallest absolute Gasteiger partial charge is 0.122 e. The fourth-order valence-corrected chi connectivity index (χ4v) is 1.67. The number of pyridine rings is 1. The van der Waals surface area contributed by atoms with Gasteiger partial charge in [0.15, 0.2) is 0 Å². The summed E-state index contributed by atoms with van der Waals surface area (Å²) in [5.74, 6) is 6.34. The van der Waals surface area contributed by atoms with E-state index in [9.17, 15) is 0 Å². The summed E-state index contributed by atoms with van der Waals surface area (Å²) in [5.41, 5.74) is 2.99. The molecule has 0 aliphatic carbocycles. The first-order valence-corrected chi connectivity index (χ1v) is 6.01. The number of aliphatic hydroxyl groups excluding tert-OH is 1. The Balaban J connectivity index is 2.05. The fraction of sp³-hybridized carbons (Fsp3) is 0.188. The Kier molecular flexibility index (Phi) is 4.54. The van der Waals surface area contributed by atoms with Crippen molar-refractivity contribution < 1.29 is 9.84 Å². The van der Waals surface area contributed by atoms with Crippen molar-refractivity contribution in [3.63, 3.8) is 0 Å². The third-order valence-electron chi connectivity index (χ3n) is 2.63. The minimum Gasteiger partial charge on any atom is -0.489 e. The highest BCUT2D eigenvalue weighted by Crippen LogP contribution is 2.20. The predicted molar refractivity (Wildman–Crippen MR) is 73.7 cm³/mol. The van der Waals surface area contributed by atoms with Gasteiger partial charge < -0.3 is 9.84 Å². The van der Waals surface area contributed by atoms with Crippen LogP contribution < -0.4 is 4.74 Å². The monoisotopic (exact) mass is 253 g/mol. The highest BCUT2D eigenvalue weighted by molar-refractivity contribution is 5.43. The maximum atomic E-state index is 8.66. The van der Waals surface area contributed by atoms with E-state index in [-0.39, 0.29) is 6.61 Å². The molecule has 19 heavy (non-hydrogen) atoms.